The normalized spacial score (nSPS) is 12.9. The molecule has 4 aromatic heterocycles. The van der Waals surface area contributed by atoms with Crippen LogP contribution in [0.3, 0.4) is 0 Å². The summed E-state index contributed by atoms with van der Waals surface area (Å²) in [5.41, 5.74) is 8.11. The van der Waals surface area contributed by atoms with Crippen LogP contribution in [0, 0.1) is 0 Å². The van der Waals surface area contributed by atoms with Gasteiger partial charge in [0.05, 0.1) is 27.6 Å². The molecule has 5 aromatic carbocycles. The summed E-state index contributed by atoms with van der Waals surface area (Å²) in [5.74, 6) is 0. The zero-order valence-corrected chi connectivity index (χ0v) is 18.5. The van der Waals surface area contributed by atoms with E-state index in [0.717, 1.165) is 16.6 Å². The summed E-state index contributed by atoms with van der Waals surface area (Å²) in [6.45, 7) is 0. The first kappa shape index (κ1) is 17.0. The van der Waals surface area contributed by atoms with Crippen molar-refractivity contribution in [3.05, 3.63) is 91.0 Å². The van der Waals surface area contributed by atoms with Crippen LogP contribution in [0.15, 0.2) is 95.4 Å². The summed E-state index contributed by atoms with van der Waals surface area (Å²) < 4.78 is 11.4. The van der Waals surface area contributed by atoms with E-state index in [2.05, 4.69) is 101 Å². The fourth-order valence-corrected chi connectivity index (χ4v) is 6.47. The Morgan fingerprint density at radius 3 is 2.18 bits per heavy atom. The lowest BCUT2D eigenvalue weighted by molar-refractivity contribution is 0.673. The maximum Gasteiger partial charge on any atom is 0.144 e. The van der Waals surface area contributed by atoms with E-state index in [-0.39, 0.29) is 0 Å². The van der Waals surface area contributed by atoms with E-state index in [1.54, 1.807) is 0 Å². The molecule has 3 heteroatoms. The van der Waals surface area contributed by atoms with E-state index in [1.807, 2.05) is 6.07 Å². The standard InChI is InChI=1S/C31H18N2O/c1-32-23-13-7-14-24-28(23)29-25(32)16-21-18-9-3-5-15-26(18)34-31(21)27(29)20-11-6-10-19-17-8-2-4-12-22(17)33(24)30(19)20/h2-16H,1H3. The van der Waals surface area contributed by atoms with Crippen LogP contribution in [-0.4, -0.2) is 8.97 Å². The van der Waals surface area contributed by atoms with Crippen molar-refractivity contribution < 1.29 is 4.42 Å². The molecular formula is C31H18N2O. The van der Waals surface area contributed by atoms with Crippen LogP contribution in [0.2, 0.25) is 0 Å². The molecule has 34 heavy (non-hydrogen) atoms. The molecular weight excluding hydrogens is 416 g/mol. The minimum absolute atomic E-state index is 0.936. The van der Waals surface area contributed by atoms with Gasteiger partial charge in [-0.25, -0.2) is 0 Å². The zero-order valence-electron chi connectivity index (χ0n) is 18.5. The van der Waals surface area contributed by atoms with Gasteiger partial charge < -0.3 is 13.4 Å². The summed E-state index contributed by atoms with van der Waals surface area (Å²) in [4.78, 5) is 0. The fourth-order valence-electron chi connectivity index (χ4n) is 6.47. The highest BCUT2D eigenvalue weighted by Gasteiger charge is 2.23. The van der Waals surface area contributed by atoms with Gasteiger partial charge in [0.15, 0.2) is 0 Å². The Morgan fingerprint density at radius 1 is 0.529 bits per heavy atom. The van der Waals surface area contributed by atoms with Crippen molar-refractivity contribution in [2.24, 2.45) is 7.05 Å². The van der Waals surface area contributed by atoms with Gasteiger partial charge in [0.2, 0.25) is 0 Å². The van der Waals surface area contributed by atoms with Gasteiger partial charge in [-0.1, -0.05) is 60.7 Å². The molecule has 0 spiro atoms. The second kappa shape index (κ2) is 5.52. The molecule has 4 heterocycles. The van der Waals surface area contributed by atoms with Crippen molar-refractivity contribution >= 4 is 81.8 Å². The highest BCUT2D eigenvalue weighted by molar-refractivity contribution is 6.37. The molecule has 0 saturated carbocycles. The number of nitrogens with zero attached hydrogens (tertiary/aromatic N) is 2. The third-order valence-electron chi connectivity index (χ3n) is 7.85. The number of aromatic nitrogens is 2. The van der Waals surface area contributed by atoms with E-state index in [1.165, 1.54) is 65.3 Å². The molecule has 0 aliphatic rings. The number of benzene rings is 5. The monoisotopic (exact) mass is 434 g/mol. The Kier molecular flexibility index (Phi) is 2.77. The molecule has 3 nitrogen and oxygen atoms in total. The van der Waals surface area contributed by atoms with Gasteiger partial charge >= 0.3 is 0 Å². The Morgan fingerprint density at radius 2 is 1.24 bits per heavy atom. The largest absolute Gasteiger partial charge is 0.455 e. The Hall–Kier alpha value is -4.50. The number of para-hydroxylation sites is 3. The summed E-state index contributed by atoms with van der Waals surface area (Å²) in [5, 5.41) is 9.90. The van der Waals surface area contributed by atoms with E-state index >= 15 is 0 Å². The minimum Gasteiger partial charge on any atom is -0.455 e. The van der Waals surface area contributed by atoms with Crippen LogP contribution in [0.1, 0.15) is 0 Å². The second-order valence-corrected chi connectivity index (χ2v) is 9.41. The predicted octanol–water partition coefficient (Wildman–Crippen LogP) is 8.38. The summed E-state index contributed by atoms with van der Waals surface area (Å²) in [6, 6.07) is 32.9. The van der Waals surface area contributed by atoms with Gasteiger partial charge in [-0.3, -0.25) is 0 Å². The van der Waals surface area contributed by atoms with E-state index in [4.69, 9.17) is 4.42 Å². The Balaban J connectivity index is 1.80. The van der Waals surface area contributed by atoms with Crippen molar-refractivity contribution in [2.75, 3.05) is 0 Å². The number of hydrogen-bond donors (Lipinski definition) is 0. The maximum absolute atomic E-state index is 6.63. The number of aryl methyl sites for hydroxylation is 1. The van der Waals surface area contributed by atoms with Crippen molar-refractivity contribution in [2.45, 2.75) is 0 Å². The number of rotatable bonds is 0. The average molecular weight is 434 g/mol. The van der Waals surface area contributed by atoms with Gasteiger partial charge in [0, 0.05) is 50.1 Å². The van der Waals surface area contributed by atoms with Crippen LogP contribution in [0.5, 0.6) is 0 Å². The first-order chi connectivity index (χ1) is 16.8. The first-order valence-electron chi connectivity index (χ1n) is 11.7. The minimum atomic E-state index is 0.936. The molecule has 0 atom stereocenters. The zero-order chi connectivity index (χ0) is 22.1. The maximum atomic E-state index is 6.63. The Labute approximate surface area is 193 Å². The molecule has 0 bridgehead atoms. The smallest absolute Gasteiger partial charge is 0.144 e. The molecule has 0 aliphatic carbocycles. The summed E-state index contributed by atoms with van der Waals surface area (Å²) >= 11 is 0. The highest BCUT2D eigenvalue weighted by atomic mass is 16.3. The molecule has 0 N–H and O–H groups in total. The molecule has 0 radical (unpaired) electrons. The highest BCUT2D eigenvalue weighted by Crippen LogP contribution is 2.46. The van der Waals surface area contributed by atoms with E-state index < -0.39 is 0 Å². The molecule has 0 amide bonds. The van der Waals surface area contributed by atoms with Gasteiger partial charge in [-0.15, -0.1) is 0 Å². The molecule has 9 aromatic rings. The molecule has 9 rings (SSSR count). The number of hydrogen-bond acceptors (Lipinski definition) is 1. The van der Waals surface area contributed by atoms with Crippen LogP contribution < -0.4 is 0 Å². The SMILES string of the molecule is Cn1c2cc3c4ccccc4oc3c3c4cccc5c6ccccc6n(c6cccc1c6c32)c54. The van der Waals surface area contributed by atoms with Gasteiger partial charge in [-0.2, -0.15) is 0 Å². The lowest BCUT2D eigenvalue weighted by Gasteiger charge is -2.04. The van der Waals surface area contributed by atoms with Gasteiger partial charge in [0.1, 0.15) is 11.2 Å². The average Bonchev–Trinajstić information content (AvgIpc) is 3.48. The van der Waals surface area contributed by atoms with Crippen molar-refractivity contribution in [3.8, 4) is 0 Å². The van der Waals surface area contributed by atoms with Crippen molar-refractivity contribution in [3.63, 3.8) is 0 Å². The van der Waals surface area contributed by atoms with E-state index in [0.29, 0.717) is 0 Å². The molecule has 158 valence electrons. The van der Waals surface area contributed by atoms with Gasteiger partial charge in [-0.05, 0) is 30.3 Å². The first-order valence-corrected chi connectivity index (χ1v) is 11.7. The topological polar surface area (TPSA) is 22.5 Å². The lowest BCUT2D eigenvalue weighted by atomic mass is 10.0. The summed E-state index contributed by atoms with van der Waals surface area (Å²) in [7, 11) is 2.18. The van der Waals surface area contributed by atoms with Crippen LogP contribution in [0.25, 0.3) is 81.8 Å². The summed E-state index contributed by atoms with van der Waals surface area (Å²) in [6.07, 6.45) is 0. The Bertz CT molecular complexity index is 2290. The number of furan rings is 1. The number of fused-ring (bicyclic) bond motifs is 9. The van der Waals surface area contributed by atoms with Crippen molar-refractivity contribution in [1.29, 1.82) is 0 Å². The van der Waals surface area contributed by atoms with Crippen LogP contribution in [-0.2, 0) is 7.05 Å². The molecule has 0 unspecified atom stereocenters. The van der Waals surface area contributed by atoms with Crippen molar-refractivity contribution in [1.82, 2.24) is 8.97 Å². The molecule has 0 saturated heterocycles. The van der Waals surface area contributed by atoms with E-state index in [9.17, 15) is 0 Å². The van der Waals surface area contributed by atoms with Crippen LogP contribution >= 0.6 is 0 Å². The fraction of sp³-hybridized carbons (Fsp3) is 0.0323. The molecule has 0 aliphatic heterocycles. The quantitative estimate of drug-likeness (QED) is 0.235. The van der Waals surface area contributed by atoms with Gasteiger partial charge in [0.25, 0.3) is 0 Å². The predicted molar refractivity (Wildman–Crippen MR) is 142 cm³/mol. The lowest BCUT2D eigenvalue weighted by Crippen LogP contribution is -1.89. The third-order valence-corrected chi connectivity index (χ3v) is 7.85. The molecule has 0 fully saturated rings. The van der Waals surface area contributed by atoms with Crippen LogP contribution in [0.4, 0.5) is 0 Å². The second-order valence-electron chi connectivity index (χ2n) is 9.41. The third kappa shape index (κ3) is 1.74.